The zero-order chi connectivity index (χ0) is 16.8. The predicted octanol–water partition coefficient (Wildman–Crippen LogP) is 3.43. The van der Waals surface area contributed by atoms with Crippen LogP contribution in [-0.4, -0.2) is 24.9 Å². The molecule has 0 saturated carbocycles. The third-order valence-corrected chi connectivity index (χ3v) is 3.67. The van der Waals surface area contributed by atoms with E-state index in [0.29, 0.717) is 23.7 Å². The summed E-state index contributed by atoms with van der Waals surface area (Å²) in [5, 5.41) is 3.40. The molecule has 0 bridgehead atoms. The highest BCUT2D eigenvalue weighted by atomic mass is 35.5. The number of carbonyl (C=O) groups is 2. The second-order valence-corrected chi connectivity index (χ2v) is 5.71. The molecule has 23 heavy (non-hydrogen) atoms. The molecule has 0 heterocycles. The lowest BCUT2D eigenvalue weighted by molar-refractivity contribution is -0.116. The number of benzene rings is 2. The maximum absolute atomic E-state index is 12.0. The minimum absolute atomic E-state index is 0.0589. The van der Waals surface area contributed by atoms with Crippen LogP contribution in [0.5, 0.6) is 0 Å². The molecule has 0 aromatic heterocycles. The van der Waals surface area contributed by atoms with E-state index in [1.165, 1.54) is 6.92 Å². The van der Waals surface area contributed by atoms with Gasteiger partial charge in [0.25, 0.3) is 5.91 Å². The molecule has 0 saturated heterocycles. The molecular weight excluding hydrogens is 312 g/mol. The van der Waals surface area contributed by atoms with Crippen molar-refractivity contribution in [3.8, 4) is 0 Å². The Labute approximate surface area is 141 Å². The quantitative estimate of drug-likeness (QED) is 0.913. The molecule has 2 rings (SSSR count). The van der Waals surface area contributed by atoms with Crippen LogP contribution in [0, 0.1) is 6.92 Å². The van der Waals surface area contributed by atoms with Crippen molar-refractivity contribution in [2.45, 2.75) is 13.8 Å². The summed E-state index contributed by atoms with van der Waals surface area (Å²) in [7, 11) is 0. The number of hydrogen-bond donors (Lipinski definition) is 1. The summed E-state index contributed by atoms with van der Waals surface area (Å²) >= 11 is 5.80. The minimum Gasteiger partial charge on any atom is -0.350 e. The Balaban J connectivity index is 1.96. The number of hydrogen-bond acceptors (Lipinski definition) is 2. The van der Waals surface area contributed by atoms with Crippen molar-refractivity contribution >= 4 is 29.1 Å². The Morgan fingerprint density at radius 2 is 1.83 bits per heavy atom. The lowest BCUT2D eigenvalue weighted by Gasteiger charge is -2.21. The third kappa shape index (κ3) is 4.83. The Morgan fingerprint density at radius 3 is 2.43 bits per heavy atom. The van der Waals surface area contributed by atoms with Crippen molar-refractivity contribution in [2.75, 3.05) is 18.0 Å². The molecule has 0 aliphatic heterocycles. The molecule has 0 aliphatic carbocycles. The number of aryl methyl sites for hydroxylation is 1. The van der Waals surface area contributed by atoms with Crippen molar-refractivity contribution < 1.29 is 9.59 Å². The Morgan fingerprint density at radius 1 is 1.13 bits per heavy atom. The number of rotatable bonds is 5. The van der Waals surface area contributed by atoms with Gasteiger partial charge in [-0.3, -0.25) is 9.59 Å². The van der Waals surface area contributed by atoms with Crippen LogP contribution >= 0.6 is 11.6 Å². The molecule has 0 atom stereocenters. The fraction of sp³-hybridized carbons (Fsp3) is 0.222. The van der Waals surface area contributed by atoms with Crippen LogP contribution in [0.2, 0.25) is 5.02 Å². The monoisotopic (exact) mass is 330 g/mol. The average molecular weight is 331 g/mol. The fourth-order valence-electron chi connectivity index (χ4n) is 2.25. The van der Waals surface area contributed by atoms with Gasteiger partial charge in [-0.1, -0.05) is 23.7 Å². The maximum atomic E-state index is 12.0. The number of halogens is 1. The van der Waals surface area contributed by atoms with E-state index in [9.17, 15) is 9.59 Å². The van der Waals surface area contributed by atoms with Crippen LogP contribution in [0.4, 0.5) is 5.69 Å². The highest BCUT2D eigenvalue weighted by molar-refractivity contribution is 6.30. The van der Waals surface area contributed by atoms with Crippen LogP contribution in [0.1, 0.15) is 22.8 Å². The van der Waals surface area contributed by atoms with Gasteiger partial charge in [-0.25, -0.2) is 0 Å². The van der Waals surface area contributed by atoms with E-state index in [1.807, 2.05) is 31.2 Å². The van der Waals surface area contributed by atoms with Crippen molar-refractivity contribution in [3.63, 3.8) is 0 Å². The van der Waals surface area contributed by atoms with Gasteiger partial charge in [0.15, 0.2) is 0 Å². The van der Waals surface area contributed by atoms with Crippen LogP contribution < -0.4 is 10.2 Å². The first-order valence-electron chi connectivity index (χ1n) is 7.36. The van der Waals surface area contributed by atoms with Crippen LogP contribution in [0.25, 0.3) is 0 Å². The molecule has 2 amide bonds. The van der Waals surface area contributed by atoms with Gasteiger partial charge in [0, 0.05) is 36.3 Å². The molecule has 2 aromatic carbocycles. The normalized spacial score (nSPS) is 10.2. The van der Waals surface area contributed by atoms with Gasteiger partial charge < -0.3 is 10.2 Å². The lowest BCUT2D eigenvalue weighted by atomic mass is 10.2. The van der Waals surface area contributed by atoms with E-state index in [0.717, 1.165) is 11.3 Å². The van der Waals surface area contributed by atoms with Crippen molar-refractivity contribution in [1.82, 2.24) is 5.32 Å². The Kier molecular flexibility index (Phi) is 5.77. The van der Waals surface area contributed by atoms with Crippen LogP contribution in [-0.2, 0) is 4.79 Å². The molecule has 0 spiro atoms. The smallest absolute Gasteiger partial charge is 0.251 e. The summed E-state index contributed by atoms with van der Waals surface area (Å²) in [6, 6.07) is 14.4. The van der Waals surface area contributed by atoms with Gasteiger partial charge in [-0.05, 0) is 48.9 Å². The number of nitrogens with zero attached hydrogens (tertiary/aromatic N) is 1. The largest absolute Gasteiger partial charge is 0.350 e. The second kappa shape index (κ2) is 7.79. The summed E-state index contributed by atoms with van der Waals surface area (Å²) in [5.74, 6) is -0.245. The zero-order valence-electron chi connectivity index (χ0n) is 13.2. The predicted molar refractivity (Wildman–Crippen MR) is 93.0 cm³/mol. The number of nitrogens with one attached hydrogen (secondary N) is 1. The molecule has 5 heteroatoms. The first-order chi connectivity index (χ1) is 11.0. The maximum Gasteiger partial charge on any atom is 0.251 e. The van der Waals surface area contributed by atoms with E-state index in [2.05, 4.69) is 5.32 Å². The fourth-order valence-corrected chi connectivity index (χ4v) is 2.37. The third-order valence-electron chi connectivity index (χ3n) is 3.42. The molecule has 0 radical (unpaired) electrons. The molecule has 4 nitrogen and oxygen atoms in total. The summed E-state index contributed by atoms with van der Waals surface area (Å²) < 4.78 is 0. The highest BCUT2D eigenvalue weighted by Crippen LogP contribution is 2.15. The SMILES string of the molecule is CC(=O)N(CCNC(=O)c1ccc(Cl)cc1)c1cccc(C)c1. The summed E-state index contributed by atoms with van der Waals surface area (Å²) in [6.07, 6.45) is 0. The molecule has 0 aliphatic rings. The van der Waals surface area contributed by atoms with Gasteiger partial charge in [-0.15, -0.1) is 0 Å². The summed E-state index contributed by atoms with van der Waals surface area (Å²) in [4.78, 5) is 25.5. The second-order valence-electron chi connectivity index (χ2n) is 5.27. The summed E-state index contributed by atoms with van der Waals surface area (Å²) in [5.41, 5.74) is 2.46. The highest BCUT2D eigenvalue weighted by Gasteiger charge is 2.12. The minimum atomic E-state index is -0.186. The van der Waals surface area contributed by atoms with Crippen molar-refractivity contribution in [1.29, 1.82) is 0 Å². The van der Waals surface area contributed by atoms with E-state index < -0.39 is 0 Å². The van der Waals surface area contributed by atoms with Gasteiger partial charge in [-0.2, -0.15) is 0 Å². The van der Waals surface area contributed by atoms with Crippen molar-refractivity contribution in [3.05, 3.63) is 64.7 Å². The number of carbonyl (C=O) groups excluding carboxylic acids is 2. The standard InChI is InChI=1S/C18H19ClN2O2/c1-13-4-3-5-17(12-13)21(14(2)22)11-10-20-18(23)15-6-8-16(19)9-7-15/h3-9,12H,10-11H2,1-2H3,(H,20,23). The molecule has 1 N–H and O–H groups in total. The Bertz CT molecular complexity index is 698. The van der Waals surface area contributed by atoms with Gasteiger partial charge in [0.2, 0.25) is 5.91 Å². The summed E-state index contributed by atoms with van der Waals surface area (Å²) in [6.45, 7) is 4.28. The van der Waals surface area contributed by atoms with E-state index in [-0.39, 0.29) is 11.8 Å². The van der Waals surface area contributed by atoms with E-state index in [1.54, 1.807) is 29.2 Å². The van der Waals surface area contributed by atoms with Crippen molar-refractivity contribution in [2.24, 2.45) is 0 Å². The molecule has 2 aromatic rings. The van der Waals surface area contributed by atoms with Crippen LogP contribution in [0.15, 0.2) is 48.5 Å². The van der Waals surface area contributed by atoms with Gasteiger partial charge in [0.05, 0.1) is 0 Å². The topological polar surface area (TPSA) is 49.4 Å². The Hall–Kier alpha value is -2.33. The average Bonchev–Trinajstić information content (AvgIpc) is 2.51. The van der Waals surface area contributed by atoms with E-state index in [4.69, 9.17) is 11.6 Å². The number of amides is 2. The molecule has 120 valence electrons. The van der Waals surface area contributed by atoms with Crippen LogP contribution in [0.3, 0.4) is 0 Å². The first-order valence-corrected chi connectivity index (χ1v) is 7.73. The van der Waals surface area contributed by atoms with Gasteiger partial charge >= 0.3 is 0 Å². The van der Waals surface area contributed by atoms with E-state index >= 15 is 0 Å². The molecule has 0 unspecified atom stereocenters. The molecule has 0 fully saturated rings. The zero-order valence-corrected chi connectivity index (χ0v) is 13.9. The lowest BCUT2D eigenvalue weighted by Crippen LogP contribution is -2.37. The first kappa shape index (κ1) is 17.0. The molecular formula is C18H19ClN2O2. The number of anilines is 1. The van der Waals surface area contributed by atoms with Gasteiger partial charge in [0.1, 0.15) is 0 Å².